The van der Waals surface area contributed by atoms with E-state index in [4.69, 9.17) is 0 Å². The molecular formula is C10H11NS. The van der Waals surface area contributed by atoms with Gasteiger partial charge in [-0.15, -0.1) is 0 Å². The molecule has 1 heterocycles. The van der Waals surface area contributed by atoms with E-state index < -0.39 is 0 Å². The van der Waals surface area contributed by atoms with Crippen LogP contribution in [-0.2, 0) is 0 Å². The van der Waals surface area contributed by atoms with E-state index in [1.807, 2.05) is 0 Å². The van der Waals surface area contributed by atoms with Gasteiger partial charge in [0.25, 0.3) is 0 Å². The molecule has 0 saturated carbocycles. The van der Waals surface area contributed by atoms with E-state index >= 15 is 0 Å². The van der Waals surface area contributed by atoms with Gasteiger partial charge in [0.05, 0.1) is 0 Å². The minimum absolute atomic E-state index is 0.549. The molecule has 0 spiro atoms. The van der Waals surface area contributed by atoms with Crippen molar-refractivity contribution in [1.29, 1.82) is 0 Å². The highest BCUT2D eigenvalue weighted by Crippen LogP contribution is 2.21. The van der Waals surface area contributed by atoms with Crippen LogP contribution in [0.3, 0.4) is 0 Å². The van der Waals surface area contributed by atoms with Crippen LogP contribution in [0.2, 0.25) is 0 Å². The number of nitrogens with one attached hydrogen (secondary N) is 1. The molecule has 62 valence electrons. The summed E-state index contributed by atoms with van der Waals surface area (Å²) in [6, 6.07) is 10.6. The van der Waals surface area contributed by atoms with Crippen LogP contribution in [0.5, 0.6) is 0 Å². The van der Waals surface area contributed by atoms with Gasteiger partial charge in [-0.2, -0.15) is 0 Å². The van der Waals surface area contributed by atoms with Crippen molar-refractivity contribution in [2.45, 2.75) is 5.92 Å². The normalized spacial score (nSPS) is 22.5. The van der Waals surface area contributed by atoms with E-state index in [0.29, 0.717) is 5.92 Å². The van der Waals surface area contributed by atoms with Crippen LogP contribution >= 0.6 is 11.9 Å². The second-order valence-corrected chi connectivity index (χ2v) is 3.61. The molecule has 12 heavy (non-hydrogen) atoms. The van der Waals surface area contributed by atoms with Crippen molar-refractivity contribution in [3.63, 3.8) is 0 Å². The van der Waals surface area contributed by atoms with Gasteiger partial charge in [-0.3, -0.25) is 4.72 Å². The van der Waals surface area contributed by atoms with Crippen molar-refractivity contribution in [3.05, 3.63) is 47.4 Å². The summed E-state index contributed by atoms with van der Waals surface area (Å²) in [5.74, 6) is 0.549. The summed E-state index contributed by atoms with van der Waals surface area (Å²) < 4.78 is 3.26. The van der Waals surface area contributed by atoms with Gasteiger partial charge in [0, 0.05) is 12.5 Å². The van der Waals surface area contributed by atoms with Crippen LogP contribution in [-0.4, -0.2) is 6.54 Å². The monoisotopic (exact) mass is 177 g/mol. The molecule has 0 fully saturated rings. The first-order chi connectivity index (χ1) is 5.97. The predicted octanol–water partition coefficient (Wildman–Crippen LogP) is 2.54. The molecule has 2 rings (SSSR count). The fourth-order valence-electron chi connectivity index (χ4n) is 1.32. The Hall–Kier alpha value is -0.730. The lowest BCUT2D eigenvalue weighted by atomic mass is 10.00. The molecule has 1 unspecified atom stereocenters. The maximum Gasteiger partial charge on any atom is 0.0166 e. The lowest BCUT2D eigenvalue weighted by Crippen LogP contribution is -2.16. The van der Waals surface area contributed by atoms with Gasteiger partial charge in [0.1, 0.15) is 0 Å². The summed E-state index contributed by atoms with van der Waals surface area (Å²) in [6.07, 6.45) is 2.25. The Morgan fingerprint density at radius 1 is 1.25 bits per heavy atom. The molecule has 0 radical (unpaired) electrons. The van der Waals surface area contributed by atoms with Crippen molar-refractivity contribution in [1.82, 2.24) is 4.72 Å². The van der Waals surface area contributed by atoms with Gasteiger partial charge in [-0.25, -0.2) is 0 Å². The van der Waals surface area contributed by atoms with E-state index in [9.17, 15) is 0 Å². The molecule has 1 aromatic carbocycles. The zero-order valence-electron chi connectivity index (χ0n) is 6.73. The van der Waals surface area contributed by atoms with E-state index in [-0.39, 0.29) is 0 Å². The second kappa shape index (κ2) is 3.78. The number of hydrogen-bond donors (Lipinski definition) is 1. The maximum atomic E-state index is 3.26. The largest absolute Gasteiger partial charge is 0.259 e. The van der Waals surface area contributed by atoms with Crippen LogP contribution < -0.4 is 4.72 Å². The summed E-state index contributed by atoms with van der Waals surface area (Å²) in [7, 11) is 0. The molecule has 1 N–H and O–H groups in total. The number of hydrogen-bond acceptors (Lipinski definition) is 2. The average molecular weight is 177 g/mol. The third-order valence-corrected chi connectivity index (χ3v) is 2.62. The molecular weight excluding hydrogens is 166 g/mol. The Kier molecular flexibility index (Phi) is 2.49. The SMILES string of the molecule is C1=CC(c2ccccc2)CNS1. The minimum atomic E-state index is 0.549. The van der Waals surface area contributed by atoms with Gasteiger partial charge in [0.2, 0.25) is 0 Å². The first kappa shape index (κ1) is 7.90. The molecule has 1 aliphatic rings. The van der Waals surface area contributed by atoms with E-state index in [0.717, 1.165) is 6.54 Å². The summed E-state index contributed by atoms with van der Waals surface area (Å²) in [6.45, 7) is 1.03. The quantitative estimate of drug-likeness (QED) is 0.662. The third-order valence-electron chi connectivity index (χ3n) is 1.99. The maximum absolute atomic E-state index is 3.26. The van der Waals surface area contributed by atoms with Crippen LogP contribution in [0.1, 0.15) is 11.5 Å². The van der Waals surface area contributed by atoms with E-state index in [2.05, 4.69) is 46.5 Å². The zero-order valence-corrected chi connectivity index (χ0v) is 7.55. The highest BCUT2D eigenvalue weighted by atomic mass is 32.2. The summed E-state index contributed by atoms with van der Waals surface area (Å²) >= 11 is 1.66. The molecule has 1 atom stereocenters. The van der Waals surface area contributed by atoms with Crippen molar-refractivity contribution < 1.29 is 0 Å². The van der Waals surface area contributed by atoms with Crippen LogP contribution in [0, 0.1) is 0 Å². The van der Waals surface area contributed by atoms with Crippen LogP contribution in [0.15, 0.2) is 41.8 Å². The Morgan fingerprint density at radius 3 is 2.75 bits per heavy atom. The fraction of sp³-hybridized carbons (Fsp3) is 0.200. The second-order valence-electron chi connectivity index (χ2n) is 2.81. The summed E-state index contributed by atoms with van der Waals surface area (Å²) in [4.78, 5) is 0. The van der Waals surface area contributed by atoms with Gasteiger partial charge in [0.15, 0.2) is 0 Å². The lowest BCUT2D eigenvalue weighted by Gasteiger charge is -2.16. The smallest absolute Gasteiger partial charge is 0.0166 e. The van der Waals surface area contributed by atoms with Crippen molar-refractivity contribution in [2.24, 2.45) is 0 Å². The predicted molar refractivity (Wildman–Crippen MR) is 53.9 cm³/mol. The Labute approximate surface area is 77.0 Å². The average Bonchev–Trinajstić information content (AvgIpc) is 2.21. The van der Waals surface area contributed by atoms with Gasteiger partial charge in [-0.05, 0) is 11.0 Å². The Morgan fingerprint density at radius 2 is 2.08 bits per heavy atom. The number of benzene rings is 1. The van der Waals surface area contributed by atoms with Crippen LogP contribution in [0.4, 0.5) is 0 Å². The van der Waals surface area contributed by atoms with Crippen molar-refractivity contribution in [2.75, 3.05) is 6.54 Å². The highest BCUT2D eigenvalue weighted by Gasteiger charge is 2.09. The van der Waals surface area contributed by atoms with Gasteiger partial charge < -0.3 is 0 Å². The van der Waals surface area contributed by atoms with Crippen LogP contribution in [0.25, 0.3) is 0 Å². The molecule has 1 aromatic rings. The standard InChI is InChI=1S/C10H11NS/c1-2-4-9(5-3-1)10-6-7-12-11-8-10/h1-7,10-11H,8H2. The molecule has 1 aliphatic heterocycles. The van der Waals surface area contributed by atoms with Crippen molar-refractivity contribution in [3.8, 4) is 0 Å². The van der Waals surface area contributed by atoms with Gasteiger partial charge in [-0.1, -0.05) is 48.4 Å². The summed E-state index contributed by atoms with van der Waals surface area (Å²) in [5, 5.41) is 2.11. The third kappa shape index (κ3) is 1.71. The van der Waals surface area contributed by atoms with Crippen molar-refractivity contribution >= 4 is 11.9 Å². The molecule has 0 aliphatic carbocycles. The molecule has 0 saturated heterocycles. The highest BCUT2D eigenvalue weighted by molar-refractivity contribution is 8.00. The molecule has 0 amide bonds. The lowest BCUT2D eigenvalue weighted by molar-refractivity contribution is 0.802. The van der Waals surface area contributed by atoms with E-state index in [1.165, 1.54) is 5.56 Å². The molecule has 1 nitrogen and oxygen atoms in total. The molecule has 2 heteroatoms. The van der Waals surface area contributed by atoms with Gasteiger partial charge >= 0.3 is 0 Å². The molecule has 0 aromatic heterocycles. The summed E-state index contributed by atoms with van der Waals surface area (Å²) in [5.41, 5.74) is 1.39. The zero-order chi connectivity index (χ0) is 8.23. The molecule has 0 bridgehead atoms. The Bertz CT molecular complexity index is 268. The number of rotatable bonds is 1. The topological polar surface area (TPSA) is 12.0 Å². The fourth-order valence-corrected chi connectivity index (χ4v) is 1.96. The first-order valence-electron chi connectivity index (χ1n) is 4.07. The first-order valence-corrected chi connectivity index (χ1v) is 4.95. The minimum Gasteiger partial charge on any atom is -0.259 e. The van der Waals surface area contributed by atoms with E-state index in [1.54, 1.807) is 11.9 Å². The Balaban J connectivity index is 2.19.